The molecule has 0 saturated heterocycles. The third kappa shape index (κ3) is 8.94. The normalized spacial score (nSPS) is 10.0. The summed E-state index contributed by atoms with van der Waals surface area (Å²) in [5.74, 6) is 0.265. The molecule has 1 rings (SSSR count). The highest BCUT2D eigenvalue weighted by Gasteiger charge is 2.17. The number of nitrogens with zero attached hydrogens (tertiary/aromatic N) is 1. The summed E-state index contributed by atoms with van der Waals surface area (Å²) in [5, 5.41) is 2.68. The van der Waals surface area contributed by atoms with E-state index in [0.29, 0.717) is 37.6 Å². The van der Waals surface area contributed by atoms with Crippen LogP contribution in [-0.2, 0) is 19.1 Å². The summed E-state index contributed by atoms with van der Waals surface area (Å²) in [4.78, 5) is 36.6. The molecule has 0 radical (unpaired) electrons. The van der Waals surface area contributed by atoms with Crippen molar-refractivity contribution in [3.05, 3.63) is 24.3 Å². The number of hydrogen-bond acceptors (Lipinski definition) is 6. The first-order chi connectivity index (χ1) is 13.0. The van der Waals surface area contributed by atoms with E-state index in [4.69, 9.17) is 14.2 Å². The van der Waals surface area contributed by atoms with E-state index in [1.54, 1.807) is 31.2 Å². The van der Waals surface area contributed by atoms with E-state index >= 15 is 0 Å². The second kappa shape index (κ2) is 12.6. The zero-order chi connectivity index (χ0) is 20.1. The Hall–Kier alpha value is -2.77. The number of hydrogen-bond donors (Lipinski definition) is 1. The quantitative estimate of drug-likeness (QED) is 0.435. The van der Waals surface area contributed by atoms with Gasteiger partial charge < -0.3 is 24.4 Å². The van der Waals surface area contributed by atoms with Crippen molar-refractivity contribution in [3.8, 4) is 11.5 Å². The Morgan fingerprint density at radius 1 is 1.11 bits per heavy atom. The molecule has 1 N–H and O–H groups in total. The van der Waals surface area contributed by atoms with Gasteiger partial charge in [-0.2, -0.15) is 0 Å². The molecule has 8 heteroatoms. The number of para-hydroxylation sites is 2. The van der Waals surface area contributed by atoms with Gasteiger partial charge in [0.15, 0.2) is 18.1 Å². The van der Waals surface area contributed by atoms with Crippen LogP contribution in [0.2, 0.25) is 0 Å². The molecule has 0 aromatic heterocycles. The zero-order valence-corrected chi connectivity index (χ0v) is 16.2. The van der Waals surface area contributed by atoms with Crippen molar-refractivity contribution in [2.45, 2.75) is 26.7 Å². The molecule has 0 fully saturated rings. The topological polar surface area (TPSA) is 94.2 Å². The lowest BCUT2D eigenvalue weighted by atomic mass is 10.3. The van der Waals surface area contributed by atoms with Crippen molar-refractivity contribution in [1.29, 1.82) is 0 Å². The van der Waals surface area contributed by atoms with Crippen LogP contribution in [0.5, 0.6) is 11.5 Å². The van der Waals surface area contributed by atoms with Gasteiger partial charge in [0.1, 0.15) is 0 Å². The van der Waals surface area contributed by atoms with Crippen molar-refractivity contribution in [2.24, 2.45) is 0 Å². The van der Waals surface area contributed by atoms with Crippen LogP contribution in [0.25, 0.3) is 0 Å². The number of amides is 2. The molecule has 1 aromatic rings. The highest BCUT2D eigenvalue weighted by molar-refractivity contribution is 5.79. The van der Waals surface area contributed by atoms with E-state index in [-0.39, 0.29) is 37.4 Å². The maximum absolute atomic E-state index is 12.5. The monoisotopic (exact) mass is 380 g/mol. The molecule has 0 bridgehead atoms. The Balaban J connectivity index is 2.60. The maximum Gasteiger partial charge on any atom is 0.307 e. The van der Waals surface area contributed by atoms with Gasteiger partial charge in [0, 0.05) is 26.6 Å². The average molecular weight is 380 g/mol. The van der Waals surface area contributed by atoms with Crippen molar-refractivity contribution in [2.75, 3.05) is 40.0 Å². The van der Waals surface area contributed by atoms with Gasteiger partial charge in [-0.25, -0.2) is 0 Å². The van der Waals surface area contributed by atoms with Crippen LogP contribution >= 0.6 is 0 Å². The predicted octanol–water partition coefficient (Wildman–Crippen LogP) is 1.38. The van der Waals surface area contributed by atoms with Crippen LogP contribution in [0.4, 0.5) is 0 Å². The zero-order valence-electron chi connectivity index (χ0n) is 16.2. The van der Waals surface area contributed by atoms with E-state index in [1.807, 2.05) is 0 Å². The number of esters is 1. The summed E-state index contributed by atoms with van der Waals surface area (Å²) in [6.45, 7) is 4.36. The second-order valence-corrected chi connectivity index (χ2v) is 5.71. The SMILES string of the molecule is CCOC(=O)CCN(CCCNC(C)=O)C(=O)COc1ccccc1OC. The van der Waals surface area contributed by atoms with E-state index in [0.717, 1.165) is 0 Å². The Labute approximate surface area is 159 Å². The molecule has 0 aliphatic carbocycles. The molecular weight excluding hydrogens is 352 g/mol. The molecule has 8 nitrogen and oxygen atoms in total. The molecule has 2 amide bonds. The van der Waals surface area contributed by atoms with Crippen molar-refractivity contribution < 1.29 is 28.6 Å². The number of rotatable bonds is 12. The first-order valence-corrected chi connectivity index (χ1v) is 8.91. The van der Waals surface area contributed by atoms with Crippen molar-refractivity contribution in [3.63, 3.8) is 0 Å². The smallest absolute Gasteiger partial charge is 0.307 e. The molecule has 1 aromatic carbocycles. The van der Waals surface area contributed by atoms with Crippen molar-refractivity contribution in [1.82, 2.24) is 10.2 Å². The molecule has 150 valence electrons. The number of benzene rings is 1. The maximum atomic E-state index is 12.5. The molecular formula is C19H28N2O6. The van der Waals surface area contributed by atoms with Crippen LogP contribution in [0, 0.1) is 0 Å². The van der Waals surface area contributed by atoms with Crippen LogP contribution in [-0.4, -0.2) is 62.6 Å². The van der Waals surface area contributed by atoms with Crippen LogP contribution in [0.15, 0.2) is 24.3 Å². The number of nitrogens with one attached hydrogen (secondary N) is 1. The van der Waals surface area contributed by atoms with Gasteiger partial charge in [-0.05, 0) is 25.5 Å². The van der Waals surface area contributed by atoms with Crippen LogP contribution in [0.3, 0.4) is 0 Å². The molecule has 0 unspecified atom stereocenters. The summed E-state index contributed by atoms with van der Waals surface area (Å²) in [6, 6.07) is 7.05. The Kier molecular flexibility index (Phi) is 10.4. The molecule has 0 spiro atoms. The minimum absolute atomic E-state index is 0.106. The van der Waals surface area contributed by atoms with Crippen LogP contribution in [0.1, 0.15) is 26.7 Å². The first kappa shape index (κ1) is 22.3. The number of carbonyl (C=O) groups is 3. The largest absolute Gasteiger partial charge is 0.493 e. The lowest BCUT2D eigenvalue weighted by molar-refractivity contribution is -0.144. The van der Waals surface area contributed by atoms with Gasteiger partial charge in [-0.15, -0.1) is 0 Å². The fourth-order valence-corrected chi connectivity index (χ4v) is 2.32. The fourth-order valence-electron chi connectivity index (χ4n) is 2.32. The summed E-state index contributed by atoms with van der Waals surface area (Å²) >= 11 is 0. The number of methoxy groups -OCH3 is 1. The third-order valence-electron chi connectivity index (χ3n) is 3.64. The summed E-state index contributed by atoms with van der Waals surface area (Å²) in [7, 11) is 1.53. The number of carbonyl (C=O) groups excluding carboxylic acids is 3. The lowest BCUT2D eigenvalue weighted by Crippen LogP contribution is -2.38. The van der Waals surface area contributed by atoms with Crippen LogP contribution < -0.4 is 14.8 Å². The Morgan fingerprint density at radius 2 is 1.81 bits per heavy atom. The van der Waals surface area contributed by atoms with Gasteiger partial charge >= 0.3 is 5.97 Å². The molecule has 0 heterocycles. The summed E-state index contributed by atoms with van der Waals surface area (Å²) in [6.07, 6.45) is 0.678. The van der Waals surface area contributed by atoms with E-state index in [1.165, 1.54) is 18.9 Å². The Morgan fingerprint density at radius 3 is 2.44 bits per heavy atom. The van der Waals surface area contributed by atoms with Crippen molar-refractivity contribution >= 4 is 17.8 Å². The van der Waals surface area contributed by atoms with Gasteiger partial charge in [-0.3, -0.25) is 14.4 Å². The minimum atomic E-state index is -0.359. The summed E-state index contributed by atoms with van der Waals surface area (Å²) in [5.41, 5.74) is 0. The minimum Gasteiger partial charge on any atom is -0.493 e. The third-order valence-corrected chi connectivity index (χ3v) is 3.64. The molecule has 27 heavy (non-hydrogen) atoms. The predicted molar refractivity (Wildman–Crippen MR) is 99.6 cm³/mol. The second-order valence-electron chi connectivity index (χ2n) is 5.71. The number of ether oxygens (including phenoxy) is 3. The lowest BCUT2D eigenvalue weighted by Gasteiger charge is -2.23. The molecule has 0 aliphatic heterocycles. The summed E-state index contributed by atoms with van der Waals surface area (Å²) < 4.78 is 15.7. The highest BCUT2D eigenvalue weighted by Crippen LogP contribution is 2.25. The molecule has 0 atom stereocenters. The first-order valence-electron chi connectivity index (χ1n) is 8.91. The van der Waals surface area contributed by atoms with Gasteiger partial charge in [-0.1, -0.05) is 12.1 Å². The molecule has 0 aliphatic rings. The van der Waals surface area contributed by atoms with E-state index in [9.17, 15) is 14.4 Å². The standard InChI is InChI=1S/C19H28N2O6/c1-4-26-19(24)10-13-21(12-7-11-20-15(2)22)18(23)14-27-17-9-6-5-8-16(17)25-3/h5-6,8-9H,4,7,10-14H2,1-3H3,(H,20,22). The van der Waals surface area contributed by atoms with Gasteiger partial charge in [0.25, 0.3) is 5.91 Å². The average Bonchev–Trinajstić information content (AvgIpc) is 2.65. The Bertz CT molecular complexity index is 620. The van der Waals surface area contributed by atoms with E-state index in [2.05, 4.69) is 5.32 Å². The molecule has 0 saturated carbocycles. The fraction of sp³-hybridized carbons (Fsp3) is 0.526. The highest BCUT2D eigenvalue weighted by atomic mass is 16.5. The van der Waals surface area contributed by atoms with Gasteiger partial charge in [0.05, 0.1) is 20.1 Å². The van der Waals surface area contributed by atoms with E-state index < -0.39 is 0 Å². The van der Waals surface area contributed by atoms with Gasteiger partial charge in [0.2, 0.25) is 5.91 Å².